The van der Waals surface area contributed by atoms with Crippen LogP contribution in [-0.2, 0) is 19.0 Å². The van der Waals surface area contributed by atoms with Gasteiger partial charge >= 0.3 is 51.4 Å². The summed E-state index contributed by atoms with van der Waals surface area (Å²) in [6.07, 6.45) is 0. The Morgan fingerprint density at radius 2 is 0.877 bits per heavy atom. The number of imide groups is 2. The molecule has 0 radical (unpaired) electrons. The number of aromatic nitrogens is 6. The Kier molecular flexibility index (Phi) is 15.1. The van der Waals surface area contributed by atoms with Crippen LogP contribution in [0.2, 0.25) is 0 Å². The molecule has 358 valence electrons. The number of alkyl halides is 1. The summed E-state index contributed by atoms with van der Waals surface area (Å²) < 4.78 is 19.2. The fourth-order valence-electron chi connectivity index (χ4n) is 7.85. The summed E-state index contributed by atoms with van der Waals surface area (Å²) in [6, 6.07) is 29.6. The number of hydrogen-bond acceptors (Lipinski definition) is 14. The van der Waals surface area contributed by atoms with Crippen LogP contribution in [0.1, 0.15) is 58.9 Å². The van der Waals surface area contributed by atoms with Crippen molar-refractivity contribution in [2.75, 3.05) is 0 Å². The number of amides is 4. The molecular formula is C49H28Br3ClKN9O10. The summed E-state index contributed by atoms with van der Waals surface area (Å²) in [7, 11) is 0. The Hall–Kier alpha value is -6.25. The van der Waals surface area contributed by atoms with Crippen molar-refractivity contribution in [3.8, 4) is 0 Å². The molecule has 6 aromatic heterocycles. The number of nitrogens with two attached hydrogens (primary N) is 1. The maximum atomic E-state index is 12.5. The molecule has 0 atom stereocenters. The molecule has 5 aromatic carbocycles. The van der Waals surface area contributed by atoms with E-state index in [9.17, 15) is 33.6 Å². The van der Waals surface area contributed by atoms with Crippen LogP contribution in [0.15, 0.2) is 144 Å². The maximum Gasteiger partial charge on any atom is 1.00 e. The zero-order valence-corrected chi connectivity index (χ0v) is 46.0. The smallest absolute Gasteiger partial charge is 0.587 e. The van der Waals surface area contributed by atoms with Gasteiger partial charge in [0.25, 0.3) is 28.5 Å². The summed E-state index contributed by atoms with van der Waals surface area (Å²) in [6.45, 7) is 0.0596. The van der Waals surface area contributed by atoms with Crippen molar-refractivity contribution in [3.63, 3.8) is 0 Å². The molecule has 0 spiro atoms. The molecule has 0 saturated carbocycles. The number of halogens is 4. The van der Waals surface area contributed by atoms with Gasteiger partial charge in [-0.15, -0.1) is 11.6 Å². The van der Waals surface area contributed by atoms with Crippen LogP contribution in [0, 0.1) is 0 Å². The molecule has 24 heteroatoms. The van der Waals surface area contributed by atoms with Crippen LogP contribution >= 0.6 is 59.4 Å². The molecule has 0 saturated heterocycles. The molecule has 2 aliphatic rings. The van der Waals surface area contributed by atoms with E-state index in [0.717, 1.165) is 29.1 Å². The van der Waals surface area contributed by atoms with E-state index in [-0.39, 0.29) is 104 Å². The summed E-state index contributed by atoms with van der Waals surface area (Å²) in [5.41, 5.74) is 9.78. The van der Waals surface area contributed by atoms with Gasteiger partial charge in [0.15, 0.2) is 0 Å². The minimum Gasteiger partial charge on any atom is -0.587 e. The van der Waals surface area contributed by atoms with Crippen LogP contribution in [0.3, 0.4) is 0 Å². The Balaban J connectivity index is 0.000000125. The first kappa shape index (κ1) is 51.6. The van der Waals surface area contributed by atoms with Crippen LogP contribution in [-0.4, -0.2) is 58.4 Å². The van der Waals surface area contributed by atoms with Crippen molar-refractivity contribution in [1.82, 2.24) is 34.8 Å². The normalized spacial score (nSPS) is 12.6. The molecule has 19 nitrogen and oxygen atoms in total. The van der Waals surface area contributed by atoms with Gasteiger partial charge in [-0.2, -0.15) is 0 Å². The van der Waals surface area contributed by atoms with E-state index in [2.05, 4.69) is 83.0 Å². The van der Waals surface area contributed by atoms with E-state index in [1.54, 1.807) is 78.9 Å². The number of carbonyl (C=O) groups is 4. The monoisotopic (exact) mass is 1210 g/mol. The van der Waals surface area contributed by atoms with Crippen molar-refractivity contribution in [3.05, 3.63) is 193 Å². The predicted octanol–water partition coefficient (Wildman–Crippen LogP) is 6.65. The van der Waals surface area contributed by atoms with Gasteiger partial charge in [0, 0.05) is 40.7 Å². The van der Waals surface area contributed by atoms with Crippen molar-refractivity contribution >= 4 is 149 Å². The molecule has 0 fully saturated rings. The van der Waals surface area contributed by atoms with Crippen LogP contribution < -0.4 is 73.8 Å². The Labute approximate surface area is 480 Å². The van der Waals surface area contributed by atoms with Crippen molar-refractivity contribution in [1.29, 1.82) is 0 Å². The molecule has 73 heavy (non-hydrogen) atoms. The Morgan fingerprint density at radius 1 is 0.521 bits per heavy atom. The van der Waals surface area contributed by atoms with Crippen LogP contribution in [0.4, 0.5) is 0 Å². The number of hydrogen-bond donors (Lipinski definition) is 4. The van der Waals surface area contributed by atoms with Crippen molar-refractivity contribution in [2.45, 2.75) is 19.0 Å². The average molecular weight is 1220 g/mol. The first-order chi connectivity index (χ1) is 34.7. The second-order valence-electron chi connectivity index (χ2n) is 15.6. The topological polar surface area (TPSA) is 288 Å². The standard InChI is InChI=1S/C19H10BrN3O4.C11H6BrClN2O2.C11H8BrN3O2.C8H5NO2.K/c20-9-5-6-13-12(7-9)15-16(27-13)17(24)22-14(21-15)8-23-18(25)10-3-1-2-4-11(10)19(23)26;2*12-5-1-2-7-6(3-5)9-10(17-7)11(16)15-8(4-13)14-9;10-7-5-3-1-2-4-6(5)8(11)9-7;/h1-7H,8H2,(H,21,22,24);1-3H,4H2,(H,14,15,16);1-3H,4,13H2,(H,14,15,16);1-4H,(H,9,10,11);/q;;;;+1/p-1. The van der Waals surface area contributed by atoms with Gasteiger partial charge < -0.3 is 48.8 Å². The fraction of sp³-hybridized carbons (Fsp3) is 0.0612. The SMILES string of the molecule is NCc1nc2c(oc3ccc(Br)cc32)c(=O)[nH]1.O=C1[N-]C(=O)c2ccccc21.O=C1c2ccccc2C(=O)N1Cc1nc2c(oc3ccc(Br)cc32)c(=O)[nH]1.O=c1[nH]c(CCl)nc2c1oc1ccc(Br)cc12.[K+]. The number of furan rings is 3. The number of carbonyl (C=O) groups excluding carboxylic acids is 4. The van der Waals surface area contributed by atoms with E-state index >= 15 is 0 Å². The van der Waals surface area contributed by atoms with E-state index in [0.29, 0.717) is 72.6 Å². The van der Waals surface area contributed by atoms with Crippen molar-refractivity contribution < 1.29 is 83.8 Å². The van der Waals surface area contributed by atoms with E-state index in [4.69, 9.17) is 30.6 Å². The van der Waals surface area contributed by atoms with Crippen molar-refractivity contribution in [2.24, 2.45) is 5.73 Å². The first-order valence-electron chi connectivity index (χ1n) is 21.1. The predicted molar refractivity (Wildman–Crippen MR) is 276 cm³/mol. The fourth-order valence-corrected chi connectivity index (χ4v) is 9.06. The number of nitrogens with zero attached hydrogens (tertiary/aromatic N) is 5. The zero-order valence-electron chi connectivity index (χ0n) is 37.3. The molecule has 0 unspecified atom stereocenters. The Morgan fingerprint density at radius 3 is 1.27 bits per heavy atom. The summed E-state index contributed by atoms with van der Waals surface area (Å²) >= 11 is 15.8. The Bertz CT molecular complexity index is 4080. The molecular weight excluding hydrogens is 1190 g/mol. The van der Waals surface area contributed by atoms with Crippen LogP contribution in [0.25, 0.3) is 71.5 Å². The third kappa shape index (κ3) is 10.1. The maximum absolute atomic E-state index is 12.5. The molecule has 13 rings (SSSR count). The summed E-state index contributed by atoms with van der Waals surface area (Å²) in [5.74, 6) is -0.402. The van der Waals surface area contributed by atoms with Gasteiger partial charge in [-0.05, 0) is 66.7 Å². The molecule has 8 heterocycles. The van der Waals surface area contributed by atoms with E-state index < -0.39 is 29.2 Å². The van der Waals surface area contributed by atoms with Gasteiger partial charge in [0.2, 0.25) is 16.7 Å². The third-order valence-corrected chi connectivity index (χ3v) is 12.8. The second kappa shape index (κ2) is 21.3. The van der Waals surface area contributed by atoms with Crippen LogP contribution in [0.5, 0.6) is 0 Å². The molecule has 0 aliphatic carbocycles. The number of rotatable bonds is 4. The molecule has 11 aromatic rings. The molecule has 0 bridgehead atoms. The summed E-state index contributed by atoms with van der Waals surface area (Å²) in [4.78, 5) is 105. The number of aromatic amines is 3. The van der Waals surface area contributed by atoms with E-state index in [1.807, 2.05) is 24.3 Å². The van der Waals surface area contributed by atoms with Gasteiger partial charge in [0.1, 0.15) is 50.8 Å². The van der Waals surface area contributed by atoms with E-state index in [1.165, 1.54) is 0 Å². The van der Waals surface area contributed by atoms with Gasteiger partial charge in [-0.3, -0.25) is 28.9 Å². The number of benzene rings is 5. The van der Waals surface area contributed by atoms with Gasteiger partial charge in [-0.1, -0.05) is 84.2 Å². The third-order valence-electron chi connectivity index (χ3n) is 11.1. The second-order valence-corrected chi connectivity index (χ2v) is 18.7. The largest absolute Gasteiger partial charge is 1.00 e. The average Bonchev–Trinajstić information content (AvgIpc) is 4.17. The first-order valence-corrected chi connectivity index (χ1v) is 24.0. The molecule has 4 amide bonds. The number of nitrogens with one attached hydrogen (secondary N) is 3. The quantitative estimate of drug-likeness (QED) is 0.0816. The summed E-state index contributed by atoms with van der Waals surface area (Å²) in [5, 5.41) is 5.55. The zero-order chi connectivity index (χ0) is 50.5. The minimum atomic E-state index is -0.459. The number of H-pyrrole nitrogens is 3. The molecule has 2 aliphatic heterocycles. The van der Waals surface area contributed by atoms with Gasteiger partial charge in [-0.25, -0.2) is 15.0 Å². The number of fused-ring (bicyclic) bond motifs is 11. The molecule has 5 N–H and O–H groups in total. The van der Waals surface area contributed by atoms with Gasteiger partial charge in [0.05, 0.1) is 41.9 Å². The minimum absolute atomic E-state index is 0.